The molecule has 0 unspecified atom stereocenters. The minimum absolute atomic E-state index is 0.236. The number of carbonyl (C=O) groups excluding carboxylic acids is 1. The maximum absolute atomic E-state index is 13.7. The minimum atomic E-state index is -4.61. The Bertz CT molecular complexity index is 1330. The molecule has 2 aliphatic rings. The molecule has 2 atom stereocenters. The Labute approximate surface area is 207 Å². The van der Waals surface area contributed by atoms with Crippen molar-refractivity contribution in [2.75, 3.05) is 6.54 Å². The van der Waals surface area contributed by atoms with Gasteiger partial charge in [0.2, 0.25) is 0 Å². The lowest BCUT2D eigenvalue weighted by molar-refractivity contribution is -0.138. The molecule has 1 amide bonds. The zero-order valence-corrected chi connectivity index (χ0v) is 20.1. The van der Waals surface area contributed by atoms with Crippen LogP contribution in [-0.4, -0.2) is 33.2 Å². The van der Waals surface area contributed by atoms with E-state index >= 15 is 0 Å². The van der Waals surface area contributed by atoms with Gasteiger partial charge in [0.05, 0.1) is 28.7 Å². The highest BCUT2D eigenvalue weighted by molar-refractivity contribution is 5.96. The van der Waals surface area contributed by atoms with Crippen molar-refractivity contribution < 1.29 is 22.4 Å². The molecular weight excluding hydrogens is 470 g/mol. The summed E-state index contributed by atoms with van der Waals surface area (Å²) >= 11 is 0. The zero-order chi connectivity index (χ0) is 25.7. The van der Waals surface area contributed by atoms with E-state index in [0.29, 0.717) is 25.8 Å². The van der Waals surface area contributed by atoms with Crippen molar-refractivity contribution in [2.24, 2.45) is 5.41 Å². The maximum atomic E-state index is 13.7. The van der Waals surface area contributed by atoms with Gasteiger partial charge in [-0.3, -0.25) is 4.79 Å². The topological polar surface area (TPSA) is 38.1 Å². The summed E-state index contributed by atoms with van der Waals surface area (Å²) < 4.78 is 56.3. The van der Waals surface area contributed by atoms with Crippen LogP contribution in [0.3, 0.4) is 0 Å². The number of aromatic nitrogens is 2. The van der Waals surface area contributed by atoms with E-state index in [9.17, 15) is 22.4 Å². The third-order valence-corrected chi connectivity index (χ3v) is 7.55. The quantitative estimate of drug-likeness (QED) is 0.369. The first-order valence-electron chi connectivity index (χ1n) is 12.1. The minimum Gasteiger partial charge on any atom is -0.335 e. The summed E-state index contributed by atoms with van der Waals surface area (Å²) in [6.45, 7) is 4.40. The van der Waals surface area contributed by atoms with Gasteiger partial charge in [-0.25, -0.2) is 9.07 Å². The molecule has 8 heteroatoms. The van der Waals surface area contributed by atoms with Crippen LogP contribution in [0.15, 0.2) is 60.3 Å². The molecule has 36 heavy (non-hydrogen) atoms. The van der Waals surface area contributed by atoms with Crippen LogP contribution in [0.4, 0.5) is 17.6 Å². The molecule has 2 aliphatic carbocycles. The molecule has 5 rings (SSSR count). The number of alkyl halides is 3. The van der Waals surface area contributed by atoms with E-state index in [0.717, 1.165) is 35.0 Å². The molecule has 1 aromatic heterocycles. The van der Waals surface area contributed by atoms with Gasteiger partial charge >= 0.3 is 6.18 Å². The van der Waals surface area contributed by atoms with Crippen molar-refractivity contribution in [1.29, 1.82) is 0 Å². The largest absolute Gasteiger partial charge is 0.417 e. The van der Waals surface area contributed by atoms with Gasteiger partial charge in [-0.2, -0.15) is 18.3 Å². The van der Waals surface area contributed by atoms with E-state index in [4.69, 9.17) is 0 Å². The smallest absolute Gasteiger partial charge is 0.335 e. The molecule has 3 aromatic rings. The average molecular weight is 498 g/mol. The number of hydrogen-bond acceptors (Lipinski definition) is 2. The third-order valence-electron chi connectivity index (χ3n) is 7.55. The lowest BCUT2D eigenvalue weighted by Gasteiger charge is -2.42. The molecule has 1 heterocycles. The summed E-state index contributed by atoms with van der Waals surface area (Å²) in [5, 5.41) is 4.53. The van der Waals surface area contributed by atoms with Gasteiger partial charge in [0.1, 0.15) is 5.82 Å². The van der Waals surface area contributed by atoms with E-state index in [1.54, 1.807) is 27.9 Å². The molecule has 4 nitrogen and oxygen atoms in total. The summed E-state index contributed by atoms with van der Waals surface area (Å²) in [5.74, 6) is -0.901. The van der Waals surface area contributed by atoms with Crippen LogP contribution in [-0.2, 0) is 12.6 Å². The summed E-state index contributed by atoms with van der Waals surface area (Å²) in [4.78, 5) is 15.3. The van der Waals surface area contributed by atoms with E-state index < -0.39 is 23.1 Å². The van der Waals surface area contributed by atoms with Gasteiger partial charge in [-0.1, -0.05) is 31.6 Å². The standard InChI is InChI=1S/C28H27F4N3O/c1-3-14-34(26(36)22-6-4-5-7-23(22)28(30,31)32)25-13-8-19-15-24-18(16-27(19,25)2)17-33-35(24)21-11-9-20(29)10-12-21/h4-7,9-12,15,17,25H,3,8,13-14,16H2,1-2H3/t25-,27-/m0/s1. The highest BCUT2D eigenvalue weighted by Crippen LogP contribution is 2.52. The Hall–Kier alpha value is -3.42. The molecule has 0 aliphatic heterocycles. The number of nitrogens with zero attached hydrogens (tertiary/aromatic N) is 3. The number of hydrogen-bond donors (Lipinski definition) is 0. The van der Waals surface area contributed by atoms with Crippen LogP contribution < -0.4 is 0 Å². The highest BCUT2D eigenvalue weighted by Gasteiger charge is 2.49. The van der Waals surface area contributed by atoms with Crippen LogP contribution in [0, 0.1) is 11.2 Å². The number of amides is 1. The number of benzene rings is 2. The normalized spacial score (nSPS) is 21.1. The van der Waals surface area contributed by atoms with Crippen LogP contribution >= 0.6 is 0 Å². The Morgan fingerprint density at radius 2 is 1.89 bits per heavy atom. The molecule has 0 saturated heterocycles. The first-order valence-corrected chi connectivity index (χ1v) is 12.1. The number of carbonyl (C=O) groups is 1. The van der Waals surface area contributed by atoms with Crippen molar-refractivity contribution in [2.45, 2.75) is 51.7 Å². The van der Waals surface area contributed by atoms with E-state index in [1.807, 2.05) is 6.92 Å². The molecule has 0 N–H and O–H groups in total. The number of rotatable bonds is 5. The fourth-order valence-corrected chi connectivity index (χ4v) is 5.82. The van der Waals surface area contributed by atoms with Crippen LogP contribution in [0.2, 0.25) is 0 Å². The van der Waals surface area contributed by atoms with E-state index in [2.05, 4.69) is 18.1 Å². The van der Waals surface area contributed by atoms with Gasteiger partial charge < -0.3 is 4.90 Å². The zero-order valence-electron chi connectivity index (χ0n) is 20.1. The van der Waals surface area contributed by atoms with Gasteiger partial charge in [0.25, 0.3) is 5.91 Å². The summed E-state index contributed by atoms with van der Waals surface area (Å²) in [5.41, 5.74) is 2.20. The predicted octanol–water partition coefficient (Wildman–Crippen LogP) is 6.69. The van der Waals surface area contributed by atoms with Crippen molar-refractivity contribution in [3.63, 3.8) is 0 Å². The molecule has 0 bridgehead atoms. The van der Waals surface area contributed by atoms with Crippen LogP contribution in [0.5, 0.6) is 0 Å². The SMILES string of the molecule is CCCN(C(=O)c1ccccc1C(F)(F)F)[C@H]1CCC2=Cc3c(cnn3-c3ccc(F)cc3)C[C@@]21C. The van der Waals surface area contributed by atoms with Crippen molar-refractivity contribution in [3.05, 3.63) is 88.5 Å². The third kappa shape index (κ3) is 4.02. The van der Waals surface area contributed by atoms with Gasteiger partial charge in [-0.15, -0.1) is 0 Å². The van der Waals surface area contributed by atoms with Gasteiger partial charge in [-0.05, 0) is 73.7 Å². The molecule has 0 spiro atoms. The van der Waals surface area contributed by atoms with Crippen molar-refractivity contribution in [1.82, 2.24) is 14.7 Å². The second-order valence-corrected chi connectivity index (χ2v) is 9.80. The second kappa shape index (κ2) is 8.91. The lowest BCUT2D eigenvalue weighted by atomic mass is 9.72. The first-order chi connectivity index (χ1) is 17.1. The van der Waals surface area contributed by atoms with Crippen molar-refractivity contribution >= 4 is 12.0 Å². The van der Waals surface area contributed by atoms with Crippen molar-refractivity contribution in [3.8, 4) is 5.69 Å². The molecular formula is C28H27F4N3O. The average Bonchev–Trinajstić information content (AvgIpc) is 3.40. The van der Waals surface area contributed by atoms with E-state index in [1.165, 1.54) is 30.3 Å². The molecule has 0 radical (unpaired) electrons. The Kier molecular flexibility index (Phi) is 6.01. The Balaban J connectivity index is 1.50. The monoisotopic (exact) mass is 497 g/mol. The molecule has 1 fully saturated rings. The summed E-state index contributed by atoms with van der Waals surface area (Å²) in [7, 11) is 0. The van der Waals surface area contributed by atoms with Crippen LogP contribution in [0.25, 0.3) is 11.8 Å². The lowest BCUT2D eigenvalue weighted by Crippen LogP contribution is -2.49. The fraction of sp³-hybridized carbons (Fsp3) is 0.357. The number of fused-ring (bicyclic) bond motifs is 2. The molecule has 188 valence electrons. The summed E-state index contributed by atoms with van der Waals surface area (Å²) in [6.07, 6.45) is 1.95. The number of halogens is 4. The van der Waals surface area contributed by atoms with Gasteiger partial charge in [0.15, 0.2) is 0 Å². The molecule has 1 saturated carbocycles. The maximum Gasteiger partial charge on any atom is 0.417 e. The summed E-state index contributed by atoms with van der Waals surface area (Å²) in [6, 6.07) is 10.9. The molecule has 2 aromatic carbocycles. The second-order valence-electron chi connectivity index (χ2n) is 9.80. The van der Waals surface area contributed by atoms with Gasteiger partial charge in [0, 0.05) is 18.0 Å². The Morgan fingerprint density at radius 1 is 1.17 bits per heavy atom. The predicted molar refractivity (Wildman–Crippen MR) is 129 cm³/mol. The highest BCUT2D eigenvalue weighted by atomic mass is 19.4. The first kappa shape index (κ1) is 24.3. The van der Waals surface area contributed by atoms with Crippen LogP contribution in [0.1, 0.15) is 60.3 Å². The Morgan fingerprint density at radius 3 is 2.58 bits per heavy atom. The van der Waals surface area contributed by atoms with E-state index in [-0.39, 0.29) is 17.4 Å². The fourth-order valence-electron chi connectivity index (χ4n) is 5.82.